The Kier molecular flexibility index (Phi) is 5.14. The van der Waals surface area contributed by atoms with Crippen molar-refractivity contribution in [3.05, 3.63) is 61.3 Å². The number of nitrogens with one attached hydrogen (secondary N) is 2. The summed E-state index contributed by atoms with van der Waals surface area (Å²) in [6.45, 7) is 0. The number of carbonyl (C=O) groups is 1. The third kappa shape index (κ3) is 3.78. The van der Waals surface area contributed by atoms with Crippen molar-refractivity contribution in [2.45, 2.75) is 32.1 Å². The number of halogens is 1. The first-order valence-electron chi connectivity index (χ1n) is 9.61. The number of hydrogen-bond donors (Lipinski definition) is 2. The van der Waals surface area contributed by atoms with Crippen molar-refractivity contribution in [2.75, 3.05) is 5.32 Å². The average Bonchev–Trinajstić information content (AvgIpc) is 3.42. The number of thiophene rings is 1. The number of fused-ring (bicyclic) bond motifs is 3. The molecule has 0 unspecified atom stereocenters. The predicted molar refractivity (Wildman–Crippen MR) is 122 cm³/mol. The van der Waals surface area contributed by atoms with Gasteiger partial charge < -0.3 is 10.3 Å². The lowest BCUT2D eigenvalue weighted by atomic mass is 10.2. The van der Waals surface area contributed by atoms with Crippen molar-refractivity contribution >= 4 is 55.5 Å². The molecule has 9 heteroatoms. The summed E-state index contributed by atoms with van der Waals surface area (Å²) in [6, 6.07) is 7.42. The minimum atomic E-state index is -0.168. The van der Waals surface area contributed by atoms with Crippen LogP contribution in [0.2, 0.25) is 5.02 Å². The van der Waals surface area contributed by atoms with Gasteiger partial charge in [-0.2, -0.15) is 0 Å². The number of carbonyl (C=O) groups excluding carboxylic acids is 1. The zero-order valence-corrected chi connectivity index (χ0v) is 18.2. The smallest absolute Gasteiger partial charge is 0.259 e. The Morgan fingerprint density at radius 2 is 2.17 bits per heavy atom. The number of aromatic amines is 1. The normalized spacial score (nSPS) is 13.0. The summed E-state index contributed by atoms with van der Waals surface area (Å²) in [5.74, 6) is 0.375. The van der Waals surface area contributed by atoms with Gasteiger partial charge >= 0.3 is 0 Å². The van der Waals surface area contributed by atoms with Crippen LogP contribution in [0.1, 0.15) is 29.1 Å². The van der Waals surface area contributed by atoms with Gasteiger partial charge in [0.15, 0.2) is 5.13 Å². The molecule has 0 radical (unpaired) electrons. The number of anilines is 1. The fourth-order valence-electron chi connectivity index (χ4n) is 3.69. The number of amides is 1. The molecule has 1 aliphatic carbocycles. The molecule has 152 valence electrons. The molecular weight excluding hydrogens is 440 g/mol. The Morgan fingerprint density at radius 1 is 1.27 bits per heavy atom. The summed E-state index contributed by atoms with van der Waals surface area (Å²) in [5, 5.41) is 6.60. The second kappa shape index (κ2) is 7.94. The van der Waals surface area contributed by atoms with E-state index in [1.807, 2.05) is 23.6 Å². The van der Waals surface area contributed by atoms with Crippen LogP contribution in [0.15, 0.2) is 34.4 Å². The molecule has 2 N–H and O–H groups in total. The Bertz CT molecular complexity index is 1320. The van der Waals surface area contributed by atoms with Crippen molar-refractivity contribution in [1.29, 1.82) is 0 Å². The van der Waals surface area contributed by atoms with Gasteiger partial charge in [0, 0.05) is 33.7 Å². The van der Waals surface area contributed by atoms with Crippen LogP contribution in [0.3, 0.4) is 0 Å². The Balaban J connectivity index is 1.25. The van der Waals surface area contributed by atoms with E-state index >= 15 is 0 Å². The fourth-order valence-corrected chi connectivity index (χ4v) is 5.90. The molecule has 0 saturated heterocycles. The maximum Gasteiger partial charge on any atom is 0.259 e. The highest BCUT2D eigenvalue weighted by Crippen LogP contribution is 2.34. The van der Waals surface area contributed by atoms with Crippen LogP contribution >= 0.6 is 34.3 Å². The zero-order valence-electron chi connectivity index (χ0n) is 15.8. The number of hydrogen-bond acceptors (Lipinski definition) is 6. The van der Waals surface area contributed by atoms with Crippen LogP contribution in [0.5, 0.6) is 0 Å². The highest BCUT2D eigenvalue weighted by atomic mass is 35.5. The molecule has 6 nitrogen and oxygen atoms in total. The summed E-state index contributed by atoms with van der Waals surface area (Å²) in [7, 11) is 0. The summed E-state index contributed by atoms with van der Waals surface area (Å²) in [5.41, 5.74) is 2.73. The quantitative estimate of drug-likeness (QED) is 0.450. The number of aromatic nitrogens is 3. The summed E-state index contributed by atoms with van der Waals surface area (Å²) >= 11 is 8.99. The molecule has 1 aromatic carbocycles. The van der Waals surface area contributed by atoms with Crippen molar-refractivity contribution in [3.63, 3.8) is 0 Å². The standard InChI is InChI=1S/C21H17ClN4O2S2/c22-12-4-1-3-11(9-12)14-10-29-21(23-14)26-17(27)8-7-16-24-19(28)18-13-5-2-6-15(13)30-20(18)25-16/h1,3-4,9-10H,2,5-8H2,(H,23,26,27)(H,24,25,28). The summed E-state index contributed by atoms with van der Waals surface area (Å²) in [6.07, 6.45) is 3.66. The van der Waals surface area contributed by atoms with Crippen LogP contribution in [0, 0.1) is 0 Å². The molecule has 1 aliphatic rings. The summed E-state index contributed by atoms with van der Waals surface area (Å²) in [4.78, 5) is 38.8. The Morgan fingerprint density at radius 3 is 3.03 bits per heavy atom. The van der Waals surface area contributed by atoms with E-state index in [0.717, 1.165) is 46.3 Å². The predicted octanol–water partition coefficient (Wildman–Crippen LogP) is 4.82. The monoisotopic (exact) mass is 456 g/mol. The molecule has 0 fully saturated rings. The largest absolute Gasteiger partial charge is 0.310 e. The maximum absolute atomic E-state index is 12.5. The van der Waals surface area contributed by atoms with Crippen molar-refractivity contribution in [3.8, 4) is 11.3 Å². The van der Waals surface area contributed by atoms with Crippen molar-refractivity contribution < 1.29 is 4.79 Å². The van der Waals surface area contributed by atoms with Gasteiger partial charge in [-0.25, -0.2) is 9.97 Å². The van der Waals surface area contributed by atoms with Crippen LogP contribution in [-0.2, 0) is 24.1 Å². The minimum absolute atomic E-state index is 0.0964. The molecule has 0 spiro atoms. The Labute approximate surface area is 185 Å². The van der Waals surface area contributed by atoms with Gasteiger partial charge in [-0.05, 0) is 37.0 Å². The van der Waals surface area contributed by atoms with Gasteiger partial charge in [0.05, 0.1) is 11.1 Å². The number of nitrogens with zero attached hydrogens (tertiary/aromatic N) is 2. The first-order valence-corrected chi connectivity index (χ1v) is 11.7. The van der Waals surface area contributed by atoms with E-state index in [2.05, 4.69) is 20.3 Å². The number of thiazole rings is 1. The maximum atomic E-state index is 12.5. The molecule has 3 aromatic heterocycles. The van der Waals surface area contributed by atoms with E-state index in [1.54, 1.807) is 17.4 Å². The first kappa shape index (κ1) is 19.4. The number of rotatable bonds is 5. The van der Waals surface area contributed by atoms with E-state index in [4.69, 9.17) is 11.6 Å². The van der Waals surface area contributed by atoms with Gasteiger partial charge in [0.2, 0.25) is 5.91 Å². The van der Waals surface area contributed by atoms with Crippen LogP contribution in [0.4, 0.5) is 5.13 Å². The third-order valence-electron chi connectivity index (χ3n) is 5.08. The Hall–Kier alpha value is -2.55. The van der Waals surface area contributed by atoms with E-state index < -0.39 is 0 Å². The van der Waals surface area contributed by atoms with E-state index in [0.29, 0.717) is 22.4 Å². The molecule has 0 saturated carbocycles. The zero-order chi connectivity index (χ0) is 20.7. The first-order chi connectivity index (χ1) is 14.6. The molecule has 0 bridgehead atoms. The number of H-pyrrole nitrogens is 1. The molecule has 0 atom stereocenters. The van der Waals surface area contributed by atoms with Gasteiger partial charge in [0.25, 0.3) is 5.56 Å². The molecule has 3 heterocycles. The van der Waals surface area contributed by atoms with Crippen molar-refractivity contribution in [2.24, 2.45) is 0 Å². The van der Waals surface area contributed by atoms with E-state index in [9.17, 15) is 9.59 Å². The molecule has 30 heavy (non-hydrogen) atoms. The molecular formula is C21H17ClN4O2S2. The average molecular weight is 457 g/mol. The van der Waals surface area contributed by atoms with E-state index in [-0.39, 0.29) is 17.9 Å². The van der Waals surface area contributed by atoms with Gasteiger partial charge in [0.1, 0.15) is 10.7 Å². The van der Waals surface area contributed by atoms with E-state index in [1.165, 1.54) is 16.2 Å². The second-order valence-electron chi connectivity index (χ2n) is 7.15. The van der Waals surface area contributed by atoms with Crippen molar-refractivity contribution in [1.82, 2.24) is 15.0 Å². The van der Waals surface area contributed by atoms with Gasteiger partial charge in [-0.15, -0.1) is 22.7 Å². The topological polar surface area (TPSA) is 87.7 Å². The van der Waals surface area contributed by atoms with Crippen LogP contribution < -0.4 is 10.9 Å². The lowest BCUT2D eigenvalue weighted by Crippen LogP contribution is -2.16. The summed E-state index contributed by atoms with van der Waals surface area (Å²) < 4.78 is 0. The van der Waals surface area contributed by atoms with Gasteiger partial charge in [-0.1, -0.05) is 23.7 Å². The van der Waals surface area contributed by atoms with Gasteiger partial charge in [-0.3, -0.25) is 9.59 Å². The second-order valence-corrected chi connectivity index (χ2v) is 9.52. The highest BCUT2D eigenvalue weighted by Gasteiger charge is 2.21. The molecule has 1 amide bonds. The third-order valence-corrected chi connectivity index (χ3v) is 7.26. The van der Waals surface area contributed by atoms with Crippen LogP contribution in [0.25, 0.3) is 21.5 Å². The number of benzene rings is 1. The lowest BCUT2D eigenvalue weighted by Gasteiger charge is -2.03. The molecule has 4 aromatic rings. The lowest BCUT2D eigenvalue weighted by molar-refractivity contribution is -0.116. The van der Waals surface area contributed by atoms with Crippen LogP contribution in [-0.4, -0.2) is 20.9 Å². The SMILES string of the molecule is O=C(CCc1nc2sc3c(c2c(=O)[nH]1)CCC3)Nc1nc(-c2cccc(Cl)c2)cs1. The number of aryl methyl sites for hydroxylation is 3. The molecule has 0 aliphatic heterocycles. The highest BCUT2D eigenvalue weighted by molar-refractivity contribution is 7.18. The molecule has 5 rings (SSSR count). The minimum Gasteiger partial charge on any atom is -0.310 e. The fraction of sp³-hybridized carbons (Fsp3) is 0.238.